The number of piperidine rings is 1. The van der Waals surface area contributed by atoms with Gasteiger partial charge in [0.2, 0.25) is 0 Å². The Morgan fingerprint density at radius 2 is 2.11 bits per heavy atom. The molecule has 0 radical (unpaired) electrons. The van der Waals surface area contributed by atoms with Gasteiger partial charge in [-0.15, -0.1) is 0 Å². The van der Waals surface area contributed by atoms with E-state index in [-0.39, 0.29) is 0 Å². The van der Waals surface area contributed by atoms with Gasteiger partial charge in [-0.2, -0.15) is 0 Å². The van der Waals surface area contributed by atoms with Crippen molar-refractivity contribution in [2.45, 2.75) is 18.1 Å². The summed E-state index contributed by atoms with van der Waals surface area (Å²) in [6.45, 7) is 2.05. The molecule has 0 bridgehead atoms. The molecule has 0 saturated carbocycles. The van der Waals surface area contributed by atoms with Crippen LogP contribution in [0.15, 0.2) is 33.9 Å². The lowest BCUT2D eigenvalue weighted by atomic mass is 10.0. The monoisotopic (exact) mass is 264 g/mol. The Balaban J connectivity index is 1.74. The van der Waals surface area contributed by atoms with Gasteiger partial charge < -0.3 is 9.73 Å². The largest absolute Gasteiger partial charge is 0.430 e. The van der Waals surface area contributed by atoms with Crippen molar-refractivity contribution >= 4 is 21.9 Å². The molecule has 0 spiro atoms. The van der Waals surface area contributed by atoms with E-state index in [1.165, 1.54) is 0 Å². The molecule has 1 aromatic carbocycles. The number of rotatable bonds is 3. The number of hydrogen-bond acceptors (Lipinski definition) is 4. The maximum atomic E-state index is 12.2. The second-order valence-electron chi connectivity index (χ2n) is 4.65. The predicted octanol–water partition coefficient (Wildman–Crippen LogP) is 1.93. The first-order valence-corrected chi connectivity index (χ1v) is 7.59. The van der Waals surface area contributed by atoms with Gasteiger partial charge in [-0.1, -0.05) is 12.1 Å². The van der Waals surface area contributed by atoms with Crippen LogP contribution in [0.1, 0.15) is 12.8 Å². The molecule has 5 heteroatoms. The topological polar surface area (TPSA) is 55.1 Å². The van der Waals surface area contributed by atoms with Crippen LogP contribution in [0.4, 0.5) is 0 Å². The van der Waals surface area contributed by atoms with Gasteiger partial charge in [0.05, 0.1) is 0 Å². The molecule has 1 aliphatic heterocycles. The Morgan fingerprint density at radius 3 is 2.89 bits per heavy atom. The Bertz CT molecular complexity index is 528. The maximum absolute atomic E-state index is 12.2. The van der Waals surface area contributed by atoms with Gasteiger partial charge in [-0.05, 0) is 44.0 Å². The summed E-state index contributed by atoms with van der Waals surface area (Å²) < 4.78 is 17.8. The summed E-state index contributed by atoms with van der Waals surface area (Å²) in [5.41, 5.74) is 1.50. The summed E-state index contributed by atoms with van der Waals surface area (Å²) in [6, 6.07) is 7.54. The molecule has 0 unspecified atom stereocenters. The minimum atomic E-state index is -1.12. The van der Waals surface area contributed by atoms with E-state index in [0.717, 1.165) is 31.4 Å². The van der Waals surface area contributed by atoms with Crippen molar-refractivity contribution in [3.8, 4) is 0 Å². The number of para-hydroxylation sites is 2. The molecule has 0 aliphatic carbocycles. The average Bonchev–Trinajstić information content (AvgIpc) is 2.84. The Hall–Kier alpha value is -1.20. The average molecular weight is 264 g/mol. The summed E-state index contributed by atoms with van der Waals surface area (Å²) in [5.74, 6) is 1.18. The standard InChI is InChI=1S/C13H16N2O2S/c16-18(9-10-5-7-14-8-6-10)13-15-11-3-1-2-4-12(11)17-13/h1-4,10,14H,5-9H2/t18-/m1/s1. The second-order valence-corrected chi connectivity index (χ2v) is 6.03. The van der Waals surface area contributed by atoms with Crippen molar-refractivity contribution in [1.82, 2.24) is 10.3 Å². The second kappa shape index (κ2) is 5.20. The third-order valence-electron chi connectivity index (χ3n) is 3.31. The lowest BCUT2D eigenvalue weighted by Crippen LogP contribution is -2.30. The highest BCUT2D eigenvalue weighted by molar-refractivity contribution is 7.84. The van der Waals surface area contributed by atoms with Gasteiger partial charge in [-0.25, -0.2) is 9.19 Å². The SMILES string of the molecule is O=[S@](CC1CCNCC1)c1nc2ccccc2o1. The normalized spacial score (nSPS) is 19.1. The Kier molecular flexibility index (Phi) is 3.43. The number of hydrogen-bond donors (Lipinski definition) is 1. The molecule has 1 fully saturated rings. The van der Waals surface area contributed by atoms with Crippen LogP contribution < -0.4 is 5.32 Å². The van der Waals surface area contributed by atoms with Crippen molar-refractivity contribution in [3.63, 3.8) is 0 Å². The zero-order chi connectivity index (χ0) is 12.4. The molecule has 96 valence electrons. The third kappa shape index (κ3) is 2.47. The van der Waals surface area contributed by atoms with Crippen LogP contribution in [0, 0.1) is 5.92 Å². The first kappa shape index (κ1) is 11.9. The molecule has 0 amide bonds. The number of oxazole rings is 1. The molecule has 1 saturated heterocycles. The minimum Gasteiger partial charge on any atom is -0.430 e. The molecule has 2 aromatic rings. The van der Waals surface area contributed by atoms with Crippen LogP contribution in [0.25, 0.3) is 11.1 Å². The van der Waals surface area contributed by atoms with Crippen molar-refractivity contribution in [3.05, 3.63) is 24.3 Å². The van der Waals surface area contributed by atoms with Crippen LogP contribution in [0.5, 0.6) is 0 Å². The Morgan fingerprint density at radius 1 is 1.33 bits per heavy atom. The van der Waals surface area contributed by atoms with E-state index in [1.54, 1.807) is 0 Å². The zero-order valence-electron chi connectivity index (χ0n) is 10.1. The summed E-state index contributed by atoms with van der Waals surface area (Å²) in [5, 5.41) is 3.68. The molecule has 1 N–H and O–H groups in total. The van der Waals surface area contributed by atoms with E-state index in [1.807, 2.05) is 24.3 Å². The summed E-state index contributed by atoms with van der Waals surface area (Å²) in [7, 11) is -1.12. The molecule has 3 rings (SSSR count). The van der Waals surface area contributed by atoms with Crippen molar-refractivity contribution in [1.29, 1.82) is 0 Å². The van der Waals surface area contributed by atoms with Gasteiger partial charge in [0.25, 0.3) is 5.22 Å². The van der Waals surface area contributed by atoms with E-state index in [2.05, 4.69) is 10.3 Å². The predicted molar refractivity (Wildman–Crippen MR) is 70.9 cm³/mol. The van der Waals surface area contributed by atoms with Crippen molar-refractivity contribution in [2.75, 3.05) is 18.8 Å². The lowest BCUT2D eigenvalue weighted by molar-refractivity contribution is 0.401. The smallest absolute Gasteiger partial charge is 0.287 e. The fraction of sp³-hybridized carbons (Fsp3) is 0.462. The van der Waals surface area contributed by atoms with Gasteiger partial charge in [0.15, 0.2) is 5.58 Å². The summed E-state index contributed by atoms with van der Waals surface area (Å²) >= 11 is 0. The highest BCUT2D eigenvalue weighted by Gasteiger charge is 2.20. The van der Waals surface area contributed by atoms with Crippen molar-refractivity contribution in [2.24, 2.45) is 5.92 Å². The molecule has 1 atom stereocenters. The van der Waals surface area contributed by atoms with E-state index in [4.69, 9.17) is 4.42 Å². The summed E-state index contributed by atoms with van der Waals surface area (Å²) in [6.07, 6.45) is 2.18. The molecule has 1 aliphatic rings. The third-order valence-corrected chi connectivity index (χ3v) is 4.65. The highest BCUT2D eigenvalue weighted by Crippen LogP contribution is 2.20. The van der Waals surface area contributed by atoms with Crippen LogP contribution in [0.2, 0.25) is 0 Å². The number of nitrogens with one attached hydrogen (secondary N) is 1. The molecule has 2 heterocycles. The van der Waals surface area contributed by atoms with Crippen molar-refractivity contribution < 1.29 is 8.63 Å². The van der Waals surface area contributed by atoms with Crippen LogP contribution in [-0.4, -0.2) is 28.0 Å². The van der Waals surface area contributed by atoms with Crippen LogP contribution in [-0.2, 0) is 10.8 Å². The number of nitrogens with zero attached hydrogens (tertiary/aromatic N) is 1. The van der Waals surface area contributed by atoms with Gasteiger partial charge in [0.1, 0.15) is 16.3 Å². The maximum Gasteiger partial charge on any atom is 0.287 e. The molecular formula is C13H16N2O2S. The highest BCUT2D eigenvalue weighted by atomic mass is 32.2. The molecule has 1 aromatic heterocycles. The number of fused-ring (bicyclic) bond motifs is 1. The minimum absolute atomic E-state index is 0.370. The summed E-state index contributed by atoms with van der Waals surface area (Å²) in [4.78, 5) is 4.30. The Labute approximate surface area is 108 Å². The first-order valence-electron chi connectivity index (χ1n) is 6.27. The molecule has 18 heavy (non-hydrogen) atoms. The van der Waals surface area contributed by atoms with Crippen LogP contribution in [0.3, 0.4) is 0 Å². The fourth-order valence-electron chi connectivity index (χ4n) is 2.28. The van der Waals surface area contributed by atoms with E-state index >= 15 is 0 Å². The molecule has 4 nitrogen and oxygen atoms in total. The van der Waals surface area contributed by atoms with Crippen LogP contribution >= 0.6 is 0 Å². The van der Waals surface area contributed by atoms with E-state index < -0.39 is 10.8 Å². The van der Waals surface area contributed by atoms with E-state index in [0.29, 0.717) is 22.5 Å². The zero-order valence-corrected chi connectivity index (χ0v) is 10.9. The number of benzene rings is 1. The van der Waals surface area contributed by atoms with E-state index in [9.17, 15) is 4.21 Å². The quantitative estimate of drug-likeness (QED) is 0.920. The van der Waals surface area contributed by atoms with Gasteiger partial charge in [-0.3, -0.25) is 0 Å². The fourth-order valence-corrected chi connectivity index (χ4v) is 3.57. The number of aromatic nitrogens is 1. The molecular weight excluding hydrogens is 248 g/mol. The lowest BCUT2D eigenvalue weighted by Gasteiger charge is -2.21. The van der Waals surface area contributed by atoms with Gasteiger partial charge in [0, 0.05) is 5.75 Å². The van der Waals surface area contributed by atoms with Gasteiger partial charge >= 0.3 is 0 Å². The first-order chi connectivity index (χ1) is 8.83.